The number of carbonyl (C=O) groups is 1. The van der Waals surface area contributed by atoms with Crippen molar-refractivity contribution in [3.05, 3.63) is 59.4 Å². The van der Waals surface area contributed by atoms with Crippen molar-refractivity contribution < 1.29 is 18.7 Å². The van der Waals surface area contributed by atoms with E-state index in [1.54, 1.807) is 26.4 Å². The molecule has 1 amide bonds. The SMILES string of the molecule is COc1ccc(CCNC(=O)CN(Cc2ccccc2F)C2CC2)cc1OC. The van der Waals surface area contributed by atoms with E-state index < -0.39 is 0 Å². The molecule has 0 heterocycles. The van der Waals surface area contributed by atoms with Gasteiger partial charge >= 0.3 is 0 Å². The van der Waals surface area contributed by atoms with E-state index in [1.165, 1.54) is 6.07 Å². The van der Waals surface area contributed by atoms with Crippen LogP contribution in [-0.4, -0.2) is 44.2 Å². The van der Waals surface area contributed by atoms with Gasteiger partial charge in [0, 0.05) is 24.7 Å². The van der Waals surface area contributed by atoms with Crippen molar-refractivity contribution >= 4 is 5.91 Å². The lowest BCUT2D eigenvalue weighted by molar-refractivity contribution is -0.122. The van der Waals surface area contributed by atoms with Crippen LogP contribution in [0.5, 0.6) is 11.5 Å². The summed E-state index contributed by atoms with van der Waals surface area (Å²) in [6.45, 7) is 1.28. The molecule has 0 radical (unpaired) electrons. The second kappa shape index (κ2) is 9.55. The van der Waals surface area contributed by atoms with Gasteiger partial charge in [-0.05, 0) is 43.0 Å². The molecule has 1 N–H and O–H groups in total. The molecule has 1 fully saturated rings. The monoisotopic (exact) mass is 386 g/mol. The number of carbonyl (C=O) groups excluding carboxylic acids is 1. The Morgan fingerprint density at radius 1 is 1.14 bits per heavy atom. The van der Waals surface area contributed by atoms with Gasteiger partial charge in [-0.1, -0.05) is 24.3 Å². The summed E-state index contributed by atoms with van der Waals surface area (Å²) in [7, 11) is 3.20. The lowest BCUT2D eigenvalue weighted by atomic mass is 10.1. The van der Waals surface area contributed by atoms with Gasteiger partial charge in [-0.15, -0.1) is 0 Å². The van der Waals surface area contributed by atoms with Crippen LogP contribution < -0.4 is 14.8 Å². The minimum absolute atomic E-state index is 0.0382. The fourth-order valence-electron chi connectivity index (χ4n) is 3.22. The van der Waals surface area contributed by atoms with E-state index in [1.807, 2.05) is 24.3 Å². The molecular weight excluding hydrogens is 359 g/mol. The Balaban J connectivity index is 1.49. The largest absolute Gasteiger partial charge is 0.493 e. The lowest BCUT2D eigenvalue weighted by Crippen LogP contribution is -2.39. The molecule has 0 unspecified atom stereocenters. The molecule has 1 aliphatic rings. The smallest absolute Gasteiger partial charge is 0.234 e. The van der Waals surface area contributed by atoms with Gasteiger partial charge in [-0.2, -0.15) is 0 Å². The maximum atomic E-state index is 13.9. The highest BCUT2D eigenvalue weighted by Crippen LogP contribution is 2.29. The number of amides is 1. The highest BCUT2D eigenvalue weighted by Gasteiger charge is 2.30. The lowest BCUT2D eigenvalue weighted by Gasteiger charge is -2.21. The second-order valence-electron chi connectivity index (χ2n) is 7.02. The highest BCUT2D eigenvalue weighted by atomic mass is 19.1. The van der Waals surface area contributed by atoms with Crippen LogP contribution in [-0.2, 0) is 17.8 Å². The van der Waals surface area contributed by atoms with Gasteiger partial charge in [-0.3, -0.25) is 9.69 Å². The summed E-state index contributed by atoms with van der Waals surface area (Å²) >= 11 is 0. The summed E-state index contributed by atoms with van der Waals surface area (Å²) in [5, 5.41) is 2.96. The summed E-state index contributed by atoms with van der Waals surface area (Å²) < 4.78 is 24.5. The van der Waals surface area contributed by atoms with E-state index in [2.05, 4.69) is 10.2 Å². The van der Waals surface area contributed by atoms with Crippen LogP contribution in [0, 0.1) is 5.82 Å². The normalized spacial score (nSPS) is 13.4. The molecule has 6 heteroatoms. The quantitative estimate of drug-likeness (QED) is 0.682. The molecular formula is C22H27FN2O3. The van der Waals surface area contributed by atoms with Crippen LogP contribution in [0.3, 0.4) is 0 Å². The molecule has 28 heavy (non-hydrogen) atoms. The summed E-state index contributed by atoms with van der Waals surface area (Å²) in [5.74, 6) is 1.10. The number of benzene rings is 2. The second-order valence-corrected chi connectivity index (χ2v) is 7.02. The molecule has 150 valence electrons. The van der Waals surface area contributed by atoms with E-state index in [-0.39, 0.29) is 18.3 Å². The summed E-state index contributed by atoms with van der Waals surface area (Å²) in [5.41, 5.74) is 1.69. The van der Waals surface area contributed by atoms with Crippen molar-refractivity contribution in [1.82, 2.24) is 10.2 Å². The zero-order valence-electron chi connectivity index (χ0n) is 16.4. The van der Waals surface area contributed by atoms with Crippen LogP contribution in [0.1, 0.15) is 24.0 Å². The number of hydrogen-bond donors (Lipinski definition) is 1. The first kappa shape index (κ1) is 20.1. The molecule has 5 nitrogen and oxygen atoms in total. The van der Waals surface area contributed by atoms with Crippen LogP contribution in [0.15, 0.2) is 42.5 Å². The van der Waals surface area contributed by atoms with Gasteiger partial charge in [0.1, 0.15) is 5.82 Å². The first-order valence-electron chi connectivity index (χ1n) is 9.55. The Kier molecular flexibility index (Phi) is 6.87. The molecule has 0 bridgehead atoms. The van der Waals surface area contributed by atoms with Crippen molar-refractivity contribution in [2.75, 3.05) is 27.3 Å². The fraction of sp³-hybridized carbons (Fsp3) is 0.409. The number of hydrogen-bond acceptors (Lipinski definition) is 4. The predicted molar refractivity (Wildman–Crippen MR) is 106 cm³/mol. The Bertz CT molecular complexity index is 808. The zero-order valence-corrected chi connectivity index (χ0v) is 16.4. The number of rotatable bonds is 10. The molecule has 0 spiro atoms. The molecule has 2 aromatic carbocycles. The van der Waals surface area contributed by atoms with E-state index >= 15 is 0 Å². The molecule has 0 atom stereocenters. The Morgan fingerprint density at radius 2 is 1.89 bits per heavy atom. The first-order valence-corrected chi connectivity index (χ1v) is 9.55. The van der Waals surface area contributed by atoms with Gasteiger partial charge in [0.2, 0.25) is 5.91 Å². The van der Waals surface area contributed by atoms with Crippen molar-refractivity contribution in [2.45, 2.75) is 31.8 Å². The van der Waals surface area contributed by atoms with E-state index in [4.69, 9.17) is 9.47 Å². The first-order chi connectivity index (χ1) is 13.6. The fourth-order valence-corrected chi connectivity index (χ4v) is 3.22. The van der Waals surface area contributed by atoms with Gasteiger partial charge in [0.05, 0.1) is 20.8 Å². The Hall–Kier alpha value is -2.60. The van der Waals surface area contributed by atoms with Crippen LogP contribution in [0.2, 0.25) is 0 Å². The predicted octanol–water partition coefficient (Wildman–Crippen LogP) is 3.17. The minimum Gasteiger partial charge on any atom is -0.493 e. The maximum absolute atomic E-state index is 13.9. The number of methoxy groups -OCH3 is 2. The van der Waals surface area contributed by atoms with Crippen molar-refractivity contribution in [2.24, 2.45) is 0 Å². The summed E-state index contributed by atoms with van der Waals surface area (Å²) in [6, 6.07) is 12.9. The van der Waals surface area contributed by atoms with Crippen molar-refractivity contribution in [1.29, 1.82) is 0 Å². The third-order valence-electron chi connectivity index (χ3n) is 4.93. The van der Waals surface area contributed by atoms with Gasteiger partial charge in [0.25, 0.3) is 0 Å². The highest BCUT2D eigenvalue weighted by molar-refractivity contribution is 5.78. The summed E-state index contributed by atoms with van der Waals surface area (Å²) in [4.78, 5) is 14.4. The van der Waals surface area contributed by atoms with Crippen molar-refractivity contribution in [3.8, 4) is 11.5 Å². The molecule has 2 aromatic rings. The van der Waals surface area contributed by atoms with Gasteiger partial charge in [0.15, 0.2) is 11.5 Å². The van der Waals surface area contributed by atoms with Crippen LogP contribution in [0.25, 0.3) is 0 Å². The van der Waals surface area contributed by atoms with Gasteiger partial charge in [-0.25, -0.2) is 4.39 Å². The zero-order chi connectivity index (χ0) is 19.9. The van der Waals surface area contributed by atoms with Crippen molar-refractivity contribution in [3.63, 3.8) is 0 Å². The number of ether oxygens (including phenoxy) is 2. The van der Waals surface area contributed by atoms with Crippen LogP contribution in [0.4, 0.5) is 4.39 Å². The van der Waals surface area contributed by atoms with E-state index in [0.29, 0.717) is 42.6 Å². The Morgan fingerprint density at radius 3 is 2.57 bits per heavy atom. The maximum Gasteiger partial charge on any atom is 0.234 e. The topological polar surface area (TPSA) is 50.8 Å². The molecule has 0 aliphatic heterocycles. The molecule has 1 saturated carbocycles. The third kappa shape index (κ3) is 5.45. The summed E-state index contributed by atoms with van der Waals surface area (Å²) in [6.07, 6.45) is 2.82. The molecule has 0 aromatic heterocycles. The van der Waals surface area contributed by atoms with Crippen LogP contribution >= 0.6 is 0 Å². The van der Waals surface area contributed by atoms with E-state index in [0.717, 1.165) is 18.4 Å². The standard InChI is InChI=1S/C22H27FN2O3/c1-27-20-10-7-16(13-21(20)28-2)11-12-24-22(26)15-25(18-8-9-18)14-17-5-3-4-6-19(17)23/h3-7,10,13,18H,8-9,11-12,14-15H2,1-2H3,(H,24,26). The van der Waals surface area contributed by atoms with Gasteiger partial charge < -0.3 is 14.8 Å². The number of nitrogens with zero attached hydrogens (tertiary/aromatic N) is 1. The Labute approximate surface area is 165 Å². The molecule has 0 saturated heterocycles. The number of nitrogens with one attached hydrogen (secondary N) is 1. The van der Waals surface area contributed by atoms with E-state index in [9.17, 15) is 9.18 Å². The molecule has 3 rings (SSSR count). The average molecular weight is 386 g/mol. The number of halogens is 1. The third-order valence-corrected chi connectivity index (χ3v) is 4.93. The minimum atomic E-state index is -0.220. The average Bonchev–Trinajstić information content (AvgIpc) is 3.54. The molecule has 1 aliphatic carbocycles.